The summed E-state index contributed by atoms with van der Waals surface area (Å²) in [5, 5.41) is 30.2. The minimum absolute atomic E-state index is 0.172. The molecule has 1 saturated carbocycles. The van der Waals surface area contributed by atoms with Crippen molar-refractivity contribution >= 4 is 5.91 Å². The van der Waals surface area contributed by atoms with Crippen molar-refractivity contribution in [1.82, 2.24) is 5.32 Å². The first-order valence-electron chi connectivity index (χ1n) is 4.30. The topological polar surface area (TPSA) is 89.8 Å². The monoisotopic (exact) mass is 189 g/mol. The molecule has 0 bridgehead atoms. The lowest BCUT2D eigenvalue weighted by Crippen LogP contribution is -2.42. The Balaban J connectivity index is 2.55. The first kappa shape index (κ1) is 10.4. The van der Waals surface area contributed by atoms with Crippen LogP contribution in [-0.2, 0) is 4.79 Å². The highest BCUT2D eigenvalue weighted by Crippen LogP contribution is 2.26. The molecule has 1 fully saturated rings. The van der Waals surface area contributed by atoms with E-state index in [4.69, 9.17) is 5.11 Å². The summed E-state index contributed by atoms with van der Waals surface area (Å²) in [6.45, 7) is 1.18. The molecule has 0 saturated heterocycles. The molecule has 0 spiro atoms. The van der Waals surface area contributed by atoms with Crippen LogP contribution in [0.2, 0.25) is 0 Å². The maximum atomic E-state index is 10.7. The third-order valence-corrected chi connectivity index (χ3v) is 2.42. The Morgan fingerprint density at radius 2 is 2.08 bits per heavy atom. The van der Waals surface area contributed by atoms with Crippen LogP contribution < -0.4 is 5.32 Å². The SMILES string of the molecule is CC(=O)N[C@@H]1C[C@H](CO)[C@H](O)[C@H]1O. The van der Waals surface area contributed by atoms with E-state index in [1.54, 1.807) is 0 Å². The number of hydrogen-bond donors (Lipinski definition) is 4. The van der Waals surface area contributed by atoms with E-state index in [2.05, 4.69) is 5.32 Å². The second-order valence-corrected chi connectivity index (χ2v) is 3.47. The highest BCUT2D eigenvalue weighted by molar-refractivity contribution is 5.73. The van der Waals surface area contributed by atoms with Crippen LogP contribution in [0.4, 0.5) is 0 Å². The van der Waals surface area contributed by atoms with Crippen LogP contribution in [0.15, 0.2) is 0 Å². The first-order chi connectivity index (χ1) is 6.06. The summed E-state index contributed by atoms with van der Waals surface area (Å²) < 4.78 is 0. The van der Waals surface area contributed by atoms with Gasteiger partial charge in [0.1, 0.15) is 6.10 Å². The summed E-state index contributed by atoms with van der Waals surface area (Å²) in [5.74, 6) is -0.582. The smallest absolute Gasteiger partial charge is 0.217 e. The van der Waals surface area contributed by atoms with E-state index in [0.29, 0.717) is 6.42 Å². The van der Waals surface area contributed by atoms with E-state index >= 15 is 0 Å². The van der Waals surface area contributed by atoms with Crippen LogP contribution in [0, 0.1) is 5.92 Å². The summed E-state index contributed by atoms with van der Waals surface area (Å²) in [4.78, 5) is 10.7. The van der Waals surface area contributed by atoms with Crippen LogP contribution in [0.1, 0.15) is 13.3 Å². The summed E-state index contributed by atoms with van der Waals surface area (Å²) >= 11 is 0. The summed E-state index contributed by atoms with van der Waals surface area (Å²) in [7, 11) is 0. The number of hydrogen-bond acceptors (Lipinski definition) is 4. The number of carbonyl (C=O) groups is 1. The van der Waals surface area contributed by atoms with Crippen LogP contribution in [0.3, 0.4) is 0 Å². The maximum absolute atomic E-state index is 10.7. The van der Waals surface area contributed by atoms with Gasteiger partial charge in [0.25, 0.3) is 0 Å². The van der Waals surface area contributed by atoms with Gasteiger partial charge in [-0.3, -0.25) is 4.79 Å². The Labute approximate surface area is 76.4 Å². The molecule has 0 heterocycles. The van der Waals surface area contributed by atoms with Gasteiger partial charge in [0, 0.05) is 19.4 Å². The van der Waals surface area contributed by atoms with Crippen molar-refractivity contribution in [3.8, 4) is 0 Å². The molecule has 1 amide bonds. The van der Waals surface area contributed by atoms with Crippen molar-refractivity contribution in [3.05, 3.63) is 0 Å². The largest absolute Gasteiger partial charge is 0.396 e. The molecule has 1 aliphatic rings. The van der Waals surface area contributed by atoms with Gasteiger partial charge in [-0.25, -0.2) is 0 Å². The van der Waals surface area contributed by atoms with Crippen molar-refractivity contribution in [1.29, 1.82) is 0 Å². The van der Waals surface area contributed by atoms with E-state index in [-0.39, 0.29) is 18.4 Å². The molecule has 1 rings (SSSR count). The standard InChI is InChI=1S/C8H15NO4/c1-4(11)9-6-2-5(3-10)7(12)8(6)13/h5-8,10,12-13H,2-3H2,1H3,(H,9,11)/t5-,6-,7+,8+/m1/s1. The number of carbonyl (C=O) groups excluding carboxylic acids is 1. The van der Waals surface area contributed by atoms with E-state index in [0.717, 1.165) is 0 Å². The zero-order valence-corrected chi connectivity index (χ0v) is 7.47. The van der Waals surface area contributed by atoms with Gasteiger partial charge in [-0.15, -0.1) is 0 Å². The second-order valence-electron chi connectivity index (χ2n) is 3.47. The second kappa shape index (κ2) is 4.04. The van der Waals surface area contributed by atoms with Gasteiger partial charge in [0.05, 0.1) is 12.1 Å². The molecule has 13 heavy (non-hydrogen) atoms. The lowest BCUT2D eigenvalue weighted by molar-refractivity contribution is -0.120. The number of nitrogens with one attached hydrogen (secondary N) is 1. The van der Waals surface area contributed by atoms with E-state index in [1.807, 2.05) is 0 Å². The number of aliphatic hydroxyl groups excluding tert-OH is 3. The summed E-state index contributed by atoms with van der Waals surface area (Å²) in [6, 6.07) is -0.440. The first-order valence-corrected chi connectivity index (χ1v) is 4.30. The van der Waals surface area contributed by atoms with Crippen LogP contribution >= 0.6 is 0 Å². The normalized spacial score (nSPS) is 39.1. The number of aliphatic hydroxyl groups is 3. The summed E-state index contributed by atoms with van der Waals surface area (Å²) in [6.07, 6.45) is -1.50. The van der Waals surface area contributed by atoms with Gasteiger partial charge in [-0.05, 0) is 6.42 Å². The van der Waals surface area contributed by atoms with Crippen molar-refractivity contribution in [2.24, 2.45) is 5.92 Å². The molecule has 0 aromatic heterocycles. The molecule has 4 N–H and O–H groups in total. The van der Waals surface area contributed by atoms with Gasteiger partial charge < -0.3 is 20.6 Å². The third-order valence-electron chi connectivity index (χ3n) is 2.42. The molecule has 0 aromatic carbocycles. The molecule has 0 aliphatic heterocycles. The van der Waals surface area contributed by atoms with Crippen molar-refractivity contribution < 1.29 is 20.1 Å². The fourth-order valence-corrected chi connectivity index (χ4v) is 1.71. The minimum Gasteiger partial charge on any atom is -0.396 e. The molecule has 0 radical (unpaired) electrons. The lowest BCUT2D eigenvalue weighted by atomic mass is 10.1. The van der Waals surface area contributed by atoms with Gasteiger partial charge >= 0.3 is 0 Å². The van der Waals surface area contributed by atoms with E-state index < -0.39 is 18.2 Å². The predicted molar refractivity (Wildman–Crippen MR) is 44.8 cm³/mol. The average Bonchev–Trinajstić information content (AvgIpc) is 2.32. The molecule has 0 unspecified atom stereocenters. The van der Waals surface area contributed by atoms with Crippen molar-refractivity contribution in [2.45, 2.75) is 31.6 Å². The zero-order chi connectivity index (χ0) is 10.0. The van der Waals surface area contributed by atoms with Gasteiger partial charge in [-0.2, -0.15) is 0 Å². The number of amides is 1. The average molecular weight is 189 g/mol. The Bertz CT molecular complexity index is 197. The van der Waals surface area contributed by atoms with Gasteiger partial charge in [-0.1, -0.05) is 0 Å². The van der Waals surface area contributed by atoms with Gasteiger partial charge in [0.2, 0.25) is 5.91 Å². The van der Waals surface area contributed by atoms with Crippen LogP contribution in [-0.4, -0.2) is 46.1 Å². The Kier molecular flexibility index (Phi) is 3.24. The van der Waals surface area contributed by atoms with Crippen LogP contribution in [0.5, 0.6) is 0 Å². The van der Waals surface area contributed by atoms with E-state index in [9.17, 15) is 15.0 Å². The predicted octanol–water partition coefficient (Wildman–Crippen LogP) is -1.77. The summed E-state index contributed by atoms with van der Waals surface area (Å²) in [5.41, 5.74) is 0. The Morgan fingerprint density at radius 3 is 2.46 bits per heavy atom. The molecular formula is C8H15NO4. The molecule has 0 aromatic rings. The fourth-order valence-electron chi connectivity index (χ4n) is 1.71. The van der Waals surface area contributed by atoms with Gasteiger partial charge in [0.15, 0.2) is 0 Å². The zero-order valence-electron chi connectivity index (χ0n) is 7.47. The van der Waals surface area contributed by atoms with Crippen molar-refractivity contribution in [3.63, 3.8) is 0 Å². The highest BCUT2D eigenvalue weighted by Gasteiger charge is 2.41. The quantitative estimate of drug-likeness (QED) is 0.413. The van der Waals surface area contributed by atoms with E-state index in [1.165, 1.54) is 6.92 Å². The fraction of sp³-hybridized carbons (Fsp3) is 0.875. The maximum Gasteiger partial charge on any atom is 0.217 e. The molecule has 4 atom stereocenters. The Hall–Kier alpha value is -0.650. The molecule has 5 nitrogen and oxygen atoms in total. The lowest BCUT2D eigenvalue weighted by Gasteiger charge is -2.16. The molecular weight excluding hydrogens is 174 g/mol. The minimum atomic E-state index is -0.971. The highest BCUT2D eigenvalue weighted by atomic mass is 16.3. The van der Waals surface area contributed by atoms with Crippen molar-refractivity contribution in [2.75, 3.05) is 6.61 Å². The number of rotatable bonds is 2. The third kappa shape index (κ3) is 2.18. The van der Waals surface area contributed by atoms with Crippen LogP contribution in [0.25, 0.3) is 0 Å². The Morgan fingerprint density at radius 1 is 1.46 bits per heavy atom. The molecule has 76 valence electrons. The molecule has 1 aliphatic carbocycles. The molecule has 5 heteroatoms.